The Bertz CT molecular complexity index is 436. The number of aromatic nitrogens is 2. The van der Waals surface area contributed by atoms with Crippen molar-refractivity contribution in [3.63, 3.8) is 0 Å². The number of hydrogen-bond donors (Lipinski definition) is 2. The summed E-state index contributed by atoms with van der Waals surface area (Å²) in [4.78, 5) is 29.2. The molecule has 0 spiro atoms. The zero-order valence-electron chi connectivity index (χ0n) is 10.4. The second-order valence-electron chi connectivity index (χ2n) is 3.47. The average molecular weight is 271 g/mol. The van der Waals surface area contributed by atoms with E-state index in [1.807, 2.05) is 0 Å². The van der Waals surface area contributed by atoms with Gasteiger partial charge in [0.2, 0.25) is 0 Å². The highest BCUT2D eigenvalue weighted by Crippen LogP contribution is 2.12. The van der Waals surface area contributed by atoms with Gasteiger partial charge in [-0.25, -0.2) is 4.98 Å². The lowest BCUT2D eigenvalue weighted by molar-refractivity contribution is -0.145. The summed E-state index contributed by atoms with van der Waals surface area (Å²) in [6.45, 7) is 2.15. The summed E-state index contributed by atoms with van der Waals surface area (Å²) in [6.07, 6.45) is 2.07. The number of likely N-dealkylation sites (N-methyl/N-ethyl adjacent to an activating group) is 1. The largest absolute Gasteiger partial charge is 0.465 e. The first-order valence-electron chi connectivity index (χ1n) is 5.69. The first-order valence-corrected chi connectivity index (χ1v) is 6.68. The van der Waals surface area contributed by atoms with E-state index in [9.17, 15) is 9.59 Å². The zero-order valence-corrected chi connectivity index (χ0v) is 11.3. The summed E-state index contributed by atoms with van der Waals surface area (Å²) >= 11 is 1.40. The van der Waals surface area contributed by atoms with Gasteiger partial charge in [0, 0.05) is 18.0 Å². The van der Waals surface area contributed by atoms with Crippen molar-refractivity contribution in [2.75, 3.05) is 19.4 Å². The van der Waals surface area contributed by atoms with E-state index in [0.29, 0.717) is 23.9 Å². The van der Waals surface area contributed by atoms with Gasteiger partial charge in [0.25, 0.3) is 5.56 Å². The number of thioether (sulfide) groups is 1. The molecule has 1 atom stereocenters. The normalized spacial score (nSPS) is 12.1. The van der Waals surface area contributed by atoms with Crippen LogP contribution in [0.2, 0.25) is 0 Å². The van der Waals surface area contributed by atoms with Crippen LogP contribution in [0.4, 0.5) is 0 Å². The lowest BCUT2D eigenvalue weighted by Gasteiger charge is -2.13. The highest BCUT2D eigenvalue weighted by molar-refractivity contribution is 7.99. The molecule has 0 radical (unpaired) electrons. The lowest BCUT2D eigenvalue weighted by Crippen LogP contribution is -2.36. The van der Waals surface area contributed by atoms with E-state index in [4.69, 9.17) is 4.74 Å². The summed E-state index contributed by atoms with van der Waals surface area (Å²) in [5.41, 5.74) is -0.178. The van der Waals surface area contributed by atoms with Crippen LogP contribution in [0.3, 0.4) is 0 Å². The Hall–Kier alpha value is -1.34. The van der Waals surface area contributed by atoms with Gasteiger partial charge >= 0.3 is 5.97 Å². The molecule has 0 aliphatic rings. The summed E-state index contributed by atoms with van der Waals surface area (Å²) in [6, 6.07) is 1.03. The number of rotatable bonds is 7. The fourth-order valence-electron chi connectivity index (χ4n) is 1.32. The van der Waals surface area contributed by atoms with Gasteiger partial charge in [-0.15, -0.1) is 0 Å². The van der Waals surface area contributed by atoms with Crippen molar-refractivity contribution in [1.82, 2.24) is 15.3 Å². The van der Waals surface area contributed by atoms with Crippen LogP contribution < -0.4 is 10.9 Å². The first kappa shape index (κ1) is 14.7. The third-order valence-corrected chi connectivity index (χ3v) is 3.13. The third kappa shape index (κ3) is 4.89. The van der Waals surface area contributed by atoms with Crippen LogP contribution in [-0.2, 0) is 9.53 Å². The molecular weight excluding hydrogens is 254 g/mol. The van der Waals surface area contributed by atoms with Crippen molar-refractivity contribution in [3.05, 3.63) is 22.6 Å². The molecule has 0 aromatic carbocycles. The Kier molecular flexibility index (Phi) is 6.45. The first-order chi connectivity index (χ1) is 8.67. The molecule has 0 amide bonds. The van der Waals surface area contributed by atoms with Gasteiger partial charge in [-0.1, -0.05) is 11.8 Å². The smallest absolute Gasteiger partial charge is 0.323 e. The Morgan fingerprint density at radius 3 is 3.06 bits per heavy atom. The summed E-state index contributed by atoms with van der Waals surface area (Å²) < 4.78 is 4.93. The van der Waals surface area contributed by atoms with E-state index in [1.54, 1.807) is 14.0 Å². The zero-order chi connectivity index (χ0) is 13.4. The Morgan fingerprint density at radius 2 is 2.44 bits per heavy atom. The van der Waals surface area contributed by atoms with E-state index < -0.39 is 0 Å². The number of aromatic amines is 1. The van der Waals surface area contributed by atoms with Crippen LogP contribution in [0.5, 0.6) is 0 Å². The molecule has 1 aromatic heterocycles. The molecule has 100 valence electrons. The SMILES string of the molecule is CCOC(=O)C(CCSc1nccc(=O)[nH]1)NC. The van der Waals surface area contributed by atoms with Crippen molar-refractivity contribution in [3.8, 4) is 0 Å². The molecule has 18 heavy (non-hydrogen) atoms. The molecule has 0 saturated carbocycles. The van der Waals surface area contributed by atoms with Gasteiger partial charge in [0.15, 0.2) is 5.16 Å². The Balaban J connectivity index is 2.40. The van der Waals surface area contributed by atoms with Crippen molar-refractivity contribution < 1.29 is 9.53 Å². The molecule has 2 N–H and O–H groups in total. The number of nitrogens with zero attached hydrogens (tertiary/aromatic N) is 1. The molecule has 1 rings (SSSR count). The van der Waals surface area contributed by atoms with Crippen LogP contribution in [0, 0.1) is 0 Å². The fourth-order valence-corrected chi connectivity index (χ4v) is 2.18. The number of ether oxygens (including phenoxy) is 1. The maximum atomic E-state index is 11.5. The number of H-pyrrole nitrogens is 1. The Labute approximate surface area is 110 Å². The van der Waals surface area contributed by atoms with E-state index in [-0.39, 0.29) is 17.6 Å². The minimum atomic E-state index is -0.326. The van der Waals surface area contributed by atoms with Gasteiger partial charge in [0.1, 0.15) is 6.04 Å². The minimum absolute atomic E-state index is 0.178. The molecular formula is C11H17N3O3S. The number of carbonyl (C=O) groups is 1. The molecule has 7 heteroatoms. The number of nitrogens with one attached hydrogen (secondary N) is 2. The summed E-state index contributed by atoms with van der Waals surface area (Å²) in [7, 11) is 1.72. The monoisotopic (exact) mass is 271 g/mol. The maximum absolute atomic E-state index is 11.5. The minimum Gasteiger partial charge on any atom is -0.465 e. The molecule has 6 nitrogen and oxygen atoms in total. The summed E-state index contributed by atoms with van der Waals surface area (Å²) in [5, 5.41) is 3.46. The van der Waals surface area contributed by atoms with Crippen molar-refractivity contribution >= 4 is 17.7 Å². The molecule has 1 aromatic rings. The van der Waals surface area contributed by atoms with Gasteiger partial charge < -0.3 is 15.0 Å². The lowest BCUT2D eigenvalue weighted by atomic mass is 10.2. The van der Waals surface area contributed by atoms with Crippen molar-refractivity contribution in [1.29, 1.82) is 0 Å². The molecule has 1 heterocycles. The van der Waals surface area contributed by atoms with E-state index in [1.165, 1.54) is 24.0 Å². The van der Waals surface area contributed by atoms with Crippen LogP contribution >= 0.6 is 11.8 Å². The average Bonchev–Trinajstić information content (AvgIpc) is 2.35. The molecule has 0 bridgehead atoms. The Morgan fingerprint density at radius 1 is 1.67 bits per heavy atom. The molecule has 0 aliphatic heterocycles. The van der Waals surface area contributed by atoms with Crippen LogP contribution in [-0.4, -0.2) is 41.4 Å². The van der Waals surface area contributed by atoms with Crippen LogP contribution in [0.1, 0.15) is 13.3 Å². The molecule has 1 unspecified atom stereocenters. The molecule has 0 saturated heterocycles. The number of carbonyl (C=O) groups excluding carboxylic acids is 1. The predicted octanol–water partition coefficient (Wildman–Crippen LogP) is 0.403. The van der Waals surface area contributed by atoms with Crippen molar-refractivity contribution in [2.24, 2.45) is 0 Å². The van der Waals surface area contributed by atoms with Crippen LogP contribution in [0.15, 0.2) is 22.2 Å². The molecule has 0 aliphatic carbocycles. The predicted molar refractivity (Wildman–Crippen MR) is 69.7 cm³/mol. The second kappa shape index (κ2) is 7.88. The number of esters is 1. The molecule has 0 fully saturated rings. The summed E-state index contributed by atoms with van der Waals surface area (Å²) in [5.74, 6) is 0.409. The van der Waals surface area contributed by atoms with Gasteiger partial charge in [-0.3, -0.25) is 9.59 Å². The van der Waals surface area contributed by atoms with Gasteiger partial charge in [-0.05, 0) is 20.4 Å². The standard InChI is InChI=1S/C11H17N3O3S/c1-3-17-10(16)8(12-2)5-7-18-11-13-6-4-9(15)14-11/h4,6,8,12H,3,5,7H2,1-2H3,(H,13,14,15). The topological polar surface area (TPSA) is 84.1 Å². The van der Waals surface area contributed by atoms with E-state index in [2.05, 4.69) is 15.3 Å². The number of hydrogen-bond acceptors (Lipinski definition) is 6. The van der Waals surface area contributed by atoms with E-state index in [0.717, 1.165) is 0 Å². The van der Waals surface area contributed by atoms with Crippen molar-refractivity contribution in [2.45, 2.75) is 24.5 Å². The van der Waals surface area contributed by atoms with Gasteiger partial charge in [-0.2, -0.15) is 0 Å². The fraction of sp³-hybridized carbons (Fsp3) is 0.545. The second-order valence-corrected chi connectivity index (χ2v) is 4.55. The highest BCUT2D eigenvalue weighted by Gasteiger charge is 2.17. The quantitative estimate of drug-likeness (QED) is 0.424. The van der Waals surface area contributed by atoms with E-state index >= 15 is 0 Å². The maximum Gasteiger partial charge on any atom is 0.323 e. The highest BCUT2D eigenvalue weighted by atomic mass is 32.2. The van der Waals surface area contributed by atoms with Crippen LogP contribution in [0.25, 0.3) is 0 Å². The third-order valence-electron chi connectivity index (χ3n) is 2.21. The van der Waals surface area contributed by atoms with Gasteiger partial charge in [0.05, 0.1) is 6.61 Å².